The molecule has 2 amide bonds. The van der Waals surface area contributed by atoms with Crippen molar-refractivity contribution in [2.75, 3.05) is 19.0 Å². The molecule has 0 spiro atoms. The molecule has 0 aliphatic heterocycles. The van der Waals surface area contributed by atoms with Crippen molar-refractivity contribution in [3.63, 3.8) is 0 Å². The lowest BCUT2D eigenvalue weighted by atomic mass is 10.1. The average Bonchev–Trinajstić information content (AvgIpc) is 2.95. The number of hydrogen-bond donors (Lipinski definition) is 2. The van der Waals surface area contributed by atoms with E-state index in [4.69, 9.17) is 9.15 Å². The van der Waals surface area contributed by atoms with Gasteiger partial charge in [0.1, 0.15) is 5.75 Å². The molecule has 0 bridgehead atoms. The van der Waals surface area contributed by atoms with Crippen LogP contribution >= 0.6 is 0 Å². The van der Waals surface area contributed by atoms with Crippen molar-refractivity contribution < 1.29 is 18.7 Å². The number of carbonyl (C=O) groups excluding carboxylic acids is 2. The van der Waals surface area contributed by atoms with E-state index in [0.717, 1.165) is 11.3 Å². The summed E-state index contributed by atoms with van der Waals surface area (Å²) in [4.78, 5) is 22.8. The van der Waals surface area contributed by atoms with E-state index < -0.39 is 0 Å². The Balaban J connectivity index is 1.87. The molecule has 0 aliphatic carbocycles. The second-order valence-corrected chi connectivity index (χ2v) is 4.66. The highest BCUT2D eigenvalue weighted by Crippen LogP contribution is 2.17. The quantitative estimate of drug-likeness (QED) is 0.857. The van der Waals surface area contributed by atoms with E-state index in [1.807, 2.05) is 24.3 Å². The number of nitrogens with one attached hydrogen (secondary N) is 2. The number of furan rings is 1. The van der Waals surface area contributed by atoms with Crippen molar-refractivity contribution in [2.45, 2.75) is 13.3 Å². The Morgan fingerprint density at radius 2 is 1.95 bits per heavy atom. The van der Waals surface area contributed by atoms with Gasteiger partial charge in [0.2, 0.25) is 5.91 Å². The molecule has 1 heterocycles. The zero-order valence-electron chi connectivity index (χ0n) is 12.5. The highest BCUT2D eigenvalue weighted by molar-refractivity contribution is 5.93. The maximum atomic E-state index is 11.9. The lowest BCUT2D eigenvalue weighted by Crippen LogP contribution is -2.25. The highest BCUT2D eigenvalue weighted by atomic mass is 16.5. The van der Waals surface area contributed by atoms with Crippen molar-refractivity contribution in [1.82, 2.24) is 5.32 Å². The lowest BCUT2D eigenvalue weighted by molar-refractivity contribution is -0.114. The van der Waals surface area contributed by atoms with Gasteiger partial charge in [-0.3, -0.25) is 14.9 Å². The molecule has 0 aliphatic rings. The normalized spacial score (nSPS) is 10.1. The molecule has 2 aromatic rings. The van der Waals surface area contributed by atoms with E-state index in [9.17, 15) is 9.59 Å². The van der Waals surface area contributed by atoms with Crippen LogP contribution < -0.4 is 15.4 Å². The zero-order chi connectivity index (χ0) is 15.9. The fourth-order valence-corrected chi connectivity index (χ4v) is 2.01. The molecule has 0 saturated carbocycles. The predicted molar refractivity (Wildman–Crippen MR) is 82.0 cm³/mol. The van der Waals surface area contributed by atoms with Crippen LogP contribution in [0.2, 0.25) is 0 Å². The van der Waals surface area contributed by atoms with E-state index >= 15 is 0 Å². The molecule has 22 heavy (non-hydrogen) atoms. The smallest absolute Gasteiger partial charge is 0.287 e. The molecule has 0 fully saturated rings. The summed E-state index contributed by atoms with van der Waals surface area (Å²) in [5, 5.41) is 5.24. The van der Waals surface area contributed by atoms with E-state index in [0.29, 0.717) is 13.0 Å². The van der Waals surface area contributed by atoms with E-state index in [2.05, 4.69) is 10.6 Å². The Hall–Kier alpha value is -2.76. The maximum absolute atomic E-state index is 11.9. The fourth-order valence-electron chi connectivity index (χ4n) is 2.01. The minimum atomic E-state index is -0.327. The van der Waals surface area contributed by atoms with Crippen LogP contribution in [0, 0.1) is 0 Å². The zero-order valence-corrected chi connectivity index (χ0v) is 12.5. The number of hydrogen-bond acceptors (Lipinski definition) is 4. The van der Waals surface area contributed by atoms with Gasteiger partial charge in [-0.25, -0.2) is 0 Å². The van der Waals surface area contributed by atoms with Crippen LogP contribution in [0.25, 0.3) is 0 Å². The van der Waals surface area contributed by atoms with Crippen molar-refractivity contribution in [3.05, 3.63) is 47.7 Å². The van der Waals surface area contributed by atoms with Crippen molar-refractivity contribution in [3.8, 4) is 5.75 Å². The van der Waals surface area contributed by atoms with Crippen LogP contribution in [0.15, 0.2) is 40.8 Å². The molecule has 6 heteroatoms. The summed E-state index contributed by atoms with van der Waals surface area (Å²) in [7, 11) is 1.61. The van der Waals surface area contributed by atoms with Crippen LogP contribution in [-0.2, 0) is 11.2 Å². The van der Waals surface area contributed by atoms with Crippen molar-refractivity contribution in [1.29, 1.82) is 0 Å². The van der Waals surface area contributed by atoms with Gasteiger partial charge in [-0.2, -0.15) is 0 Å². The minimum Gasteiger partial charge on any atom is -0.496 e. The predicted octanol–water partition coefficient (Wildman–Crippen LogP) is 2.22. The second-order valence-electron chi connectivity index (χ2n) is 4.66. The topological polar surface area (TPSA) is 80.6 Å². The molecule has 2 rings (SSSR count). The summed E-state index contributed by atoms with van der Waals surface area (Å²) in [5.74, 6) is 0.623. The van der Waals surface area contributed by atoms with E-state index in [-0.39, 0.29) is 23.5 Å². The van der Waals surface area contributed by atoms with Gasteiger partial charge in [0.05, 0.1) is 7.11 Å². The van der Waals surface area contributed by atoms with Crippen molar-refractivity contribution in [2.24, 2.45) is 0 Å². The number of methoxy groups -OCH3 is 1. The summed E-state index contributed by atoms with van der Waals surface area (Å²) >= 11 is 0. The SMILES string of the molecule is COc1ccccc1CCNC(=O)c1ccc(NC(C)=O)o1. The standard InChI is InChI=1S/C16H18N2O4/c1-11(19)18-15-8-7-14(22-15)16(20)17-10-9-12-5-3-4-6-13(12)21-2/h3-8H,9-10H2,1-2H3,(H,17,20)(H,18,19). The lowest BCUT2D eigenvalue weighted by Gasteiger charge is -2.08. The number of rotatable bonds is 6. The summed E-state index contributed by atoms with van der Waals surface area (Å²) in [6.45, 7) is 1.82. The average molecular weight is 302 g/mol. The Bertz CT molecular complexity index is 664. The van der Waals surface area contributed by atoms with Crippen LogP contribution in [0.5, 0.6) is 5.75 Å². The van der Waals surface area contributed by atoms with Gasteiger partial charge in [0, 0.05) is 19.5 Å². The fraction of sp³-hybridized carbons (Fsp3) is 0.250. The number of anilines is 1. The van der Waals surface area contributed by atoms with Gasteiger partial charge < -0.3 is 14.5 Å². The molecule has 1 aromatic carbocycles. The number of benzene rings is 1. The molecule has 0 unspecified atom stereocenters. The Morgan fingerprint density at radius 1 is 1.18 bits per heavy atom. The number of para-hydroxylation sites is 1. The Morgan fingerprint density at radius 3 is 2.68 bits per heavy atom. The molecule has 0 saturated heterocycles. The first kappa shape index (κ1) is 15.6. The molecular formula is C16H18N2O4. The monoisotopic (exact) mass is 302 g/mol. The van der Waals surface area contributed by atoms with E-state index in [1.54, 1.807) is 7.11 Å². The second kappa shape index (κ2) is 7.31. The maximum Gasteiger partial charge on any atom is 0.287 e. The molecule has 2 N–H and O–H groups in total. The molecule has 0 radical (unpaired) electrons. The molecule has 1 aromatic heterocycles. The Labute approximate surface area is 128 Å². The minimum absolute atomic E-state index is 0.156. The molecule has 6 nitrogen and oxygen atoms in total. The largest absolute Gasteiger partial charge is 0.496 e. The number of carbonyl (C=O) groups is 2. The van der Waals surface area contributed by atoms with Gasteiger partial charge in [0.15, 0.2) is 11.6 Å². The molecule has 0 atom stereocenters. The highest BCUT2D eigenvalue weighted by Gasteiger charge is 2.11. The van der Waals surface area contributed by atoms with Crippen LogP contribution in [-0.4, -0.2) is 25.5 Å². The van der Waals surface area contributed by atoms with E-state index in [1.165, 1.54) is 19.1 Å². The van der Waals surface area contributed by atoms with Gasteiger partial charge in [-0.15, -0.1) is 0 Å². The van der Waals surface area contributed by atoms with Crippen LogP contribution in [0.4, 0.5) is 5.88 Å². The molecule has 116 valence electrons. The van der Waals surface area contributed by atoms with Gasteiger partial charge in [-0.1, -0.05) is 18.2 Å². The number of amides is 2. The first-order valence-corrected chi connectivity index (χ1v) is 6.87. The molecular weight excluding hydrogens is 284 g/mol. The van der Waals surface area contributed by atoms with Crippen molar-refractivity contribution >= 4 is 17.7 Å². The Kier molecular flexibility index (Phi) is 5.19. The van der Waals surface area contributed by atoms with Gasteiger partial charge in [-0.05, 0) is 24.1 Å². The van der Waals surface area contributed by atoms with Crippen LogP contribution in [0.1, 0.15) is 23.0 Å². The van der Waals surface area contributed by atoms with Gasteiger partial charge in [0.25, 0.3) is 5.91 Å². The van der Waals surface area contributed by atoms with Gasteiger partial charge >= 0.3 is 0 Å². The third-order valence-electron chi connectivity index (χ3n) is 3.00. The third-order valence-corrected chi connectivity index (χ3v) is 3.00. The van der Waals surface area contributed by atoms with Crippen LogP contribution in [0.3, 0.4) is 0 Å². The third kappa shape index (κ3) is 4.12. The summed E-state index contributed by atoms with van der Waals surface area (Å²) < 4.78 is 10.5. The summed E-state index contributed by atoms with van der Waals surface area (Å²) in [5.41, 5.74) is 1.02. The summed E-state index contributed by atoms with van der Waals surface area (Å²) in [6.07, 6.45) is 0.648. The first-order valence-electron chi connectivity index (χ1n) is 6.87. The first-order chi connectivity index (χ1) is 10.6. The number of ether oxygens (including phenoxy) is 1. The summed E-state index contributed by atoms with van der Waals surface area (Å²) in [6, 6.07) is 10.7.